The van der Waals surface area contributed by atoms with Crippen molar-refractivity contribution in [1.82, 2.24) is 10.2 Å². The predicted molar refractivity (Wildman–Crippen MR) is 61.7 cm³/mol. The molecule has 0 heterocycles. The molecule has 0 fully saturated rings. The van der Waals surface area contributed by atoms with Gasteiger partial charge in [-0.1, -0.05) is 19.1 Å². The molecule has 0 aromatic heterocycles. The van der Waals surface area contributed by atoms with Crippen molar-refractivity contribution < 1.29 is 4.74 Å². The minimum Gasteiger partial charge on any atom is -0.379 e. The molecule has 0 aliphatic heterocycles. The zero-order valence-corrected chi connectivity index (χ0v) is 9.81. The minimum absolute atomic E-state index is 0.783. The Kier molecular flexibility index (Phi) is 8.94. The molecule has 1 N–H and O–H groups in total. The van der Waals surface area contributed by atoms with Crippen LogP contribution in [-0.2, 0) is 4.74 Å². The number of hydrogen-bond acceptors (Lipinski definition) is 3. The molecule has 3 heteroatoms. The van der Waals surface area contributed by atoms with Gasteiger partial charge in [-0.3, -0.25) is 0 Å². The summed E-state index contributed by atoms with van der Waals surface area (Å²) in [6, 6.07) is 0. The van der Waals surface area contributed by atoms with Crippen LogP contribution in [0.25, 0.3) is 0 Å². The van der Waals surface area contributed by atoms with E-state index >= 15 is 0 Å². The van der Waals surface area contributed by atoms with E-state index in [2.05, 4.69) is 23.7 Å². The molecule has 0 saturated heterocycles. The van der Waals surface area contributed by atoms with E-state index in [9.17, 15) is 0 Å². The van der Waals surface area contributed by atoms with E-state index in [1.807, 2.05) is 14.1 Å². The molecule has 0 amide bonds. The van der Waals surface area contributed by atoms with Crippen molar-refractivity contribution >= 4 is 0 Å². The summed E-state index contributed by atoms with van der Waals surface area (Å²) in [5.74, 6) is 0. The third-order valence-electron chi connectivity index (χ3n) is 1.98. The maximum atomic E-state index is 5.43. The zero-order chi connectivity index (χ0) is 10.8. The van der Waals surface area contributed by atoms with Crippen LogP contribution in [0.3, 0.4) is 0 Å². The standard InChI is InChI=1S/C11H24N2O/c1-5-11(2)10-12-6-8-14-9-7-13(3)4/h12H,2,5-10H2,1,3-4H3. The Balaban J connectivity index is 3.03. The predicted octanol–water partition coefficient (Wildman–Crippen LogP) is 1.12. The van der Waals surface area contributed by atoms with Gasteiger partial charge in [0.1, 0.15) is 0 Å². The number of hydrogen-bond donors (Lipinski definition) is 1. The lowest BCUT2D eigenvalue weighted by Gasteiger charge is -2.10. The van der Waals surface area contributed by atoms with E-state index in [0.29, 0.717) is 0 Å². The molecule has 0 aliphatic carbocycles. The average Bonchev–Trinajstić information content (AvgIpc) is 2.15. The van der Waals surface area contributed by atoms with E-state index in [4.69, 9.17) is 4.74 Å². The normalized spacial score (nSPS) is 10.9. The molecule has 84 valence electrons. The monoisotopic (exact) mass is 200 g/mol. The van der Waals surface area contributed by atoms with Crippen molar-refractivity contribution in [3.8, 4) is 0 Å². The Bertz CT molecular complexity index is 146. The van der Waals surface area contributed by atoms with Crippen molar-refractivity contribution in [2.45, 2.75) is 13.3 Å². The van der Waals surface area contributed by atoms with E-state index < -0.39 is 0 Å². The number of likely N-dealkylation sites (N-methyl/N-ethyl adjacent to an activating group) is 1. The number of nitrogens with one attached hydrogen (secondary N) is 1. The summed E-state index contributed by atoms with van der Waals surface area (Å²) < 4.78 is 5.43. The summed E-state index contributed by atoms with van der Waals surface area (Å²) in [6.07, 6.45) is 1.05. The Hall–Kier alpha value is -0.380. The van der Waals surface area contributed by atoms with Gasteiger partial charge in [0.2, 0.25) is 0 Å². The van der Waals surface area contributed by atoms with Crippen molar-refractivity contribution in [2.24, 2.45) is 0 Å². The molecule has 0 saturated carbocycles. The third kappa shape index (κ3) is 9.71. The van der Waals surface area contributed by atoms with Crippen LogP contribution in [0, 0.1) is 0 Å². The average molecular weight is 200 g/mol. The molecule has 0 aliphatic rings. The number of nitrogens with zero attached hydrogens (tertiary/aromatic N) is 1. The summed E-state index contributed by atoms with van der Waals surface area (Å²) >= 11 is 0. The lowest BCUT2D eigenvalue weighted by atomic mass is 10.2. The largest absolute Gasteiger partial charge is 0.379 e. The topological polar surface area (TPSA) is 24.5 Å². The van der Waals surface area contributed by atoms with Gasteiger partial charge in [-0.05, 0) is 20.5 Å². The second-order valence-corrected chi connectivity index (χ2v) is 3.70. The quantitative estimate of drug-likeness (QED) is 0.446. The highest BCUT2D eigenvalue weighted by Crippen LogP contribution is 1.91. The number of ether oxygens (including phenoxy) is 1. The smallest absolute Gasteiger partial charge is 0.0593 e. The zero-order valence-electron chi connectivity index (χ0n) is 9.81. The summed E-state index contributed by atoms with van der Waals surface area (Å²) in [6.45, 7) is 10.4. The molecule has 0 radical (unpaired) electrons. The molecule has 14 heavy (non-hydrogen) atoms. The van der Waals surface area contributed by atoms with Crippen molar-refractivity contribution in [3.05, 3.63) is 12.2 Å². The van der Waals surface area contributed by atoms with Crippen molar-refractivity contribution in [3.63, 3.8) is 0 Å². The van der Waals surface area contributed by atoms with Crippen LogP contribution < -0.4 is 5.32 Å². The maximum absolute atomic E-state index is 5.43. The van der Waals surface area contributed by atoms with Crippen LogP contribution in [-0.4, -0.2) is 51.8 Å². The van der Waals surface area contributed by atoms with Gasteiger partial charge in [-0.15, -0.1) is 0 Å². The molecule has 0 aromatic carbocycles. The van der Waals surface area contributed by atoms with Crippen LogP contribution in [0.15, 0.2) is 12.2 Å². The van der Waals surface area contributed by atoms with Gasteiger partial charge in [-0.2, -0.15) is 0 Å². The second-order valence-electron chi connectivity index (χ2n) is 3.70. The highest BCUT2D eigenvalue weighted by atomic mass is 16.5. The molecule has 0 spiro atoms. The molecule has 3 nitrogen and oxygen atoms in total. The fourth-order valence-corrected chi connectivity index (χ4v) is 0.884. The summed E-state index contributed by atoms with van der Waals surface area (Å²) in [5, 5.41) is 3.29. The first-order chi connectivity index (χ1) is 6.66. The third-order valence-corrected chi connectivity index (χ3v) is 1.98. The fraction of sp³-hybridized carbons (Fsp3) is 0.818. The van der Waals surface area contributed by atoms with Gasteiger partial charge < -0.3 is 15.0 Å². The first kappa shape index (κ1) is 13.6. The Morgan fingerprint density at radius 2 is 2.07 bits per heavy atom. The molecule has 0 rings (SSSR count). The van der Waals surface area contributed by atoms with Gasteiger partial charge >= 0.3 is 0 Å². The summed E-state index contributed by atoms with van der Waals surface area (Å²) in [5.41, 5.74) is 1.25. The Morgan fingerprint density at radius 1 is 1.36 bits per heavy atom. The van der Waals surface area contributed by atoms with Crippen LogP contribution >= 0.6 is 0 Å². The van der Waals surface area contributed by atoms with E-state index in [1.54, 1.807) is 0 Å². The van der Waals surface area contributed by atoms with Crippen molar-refractivity contribution in [1.29, 1.82) is 0 Å². The van der Waals surface area contributed by atoms with Crippen LogP contribution in [0.5, 0.6) is 0 Å². The van der Waals surface area contributed by atoms with Gasteiger partial charge in [0, 0.05) is 19.6 Å². The van der Waals surface area contributed by atoms with Gasteiger partial charge in [0.05, 0.1) is 13.2 Å². The molecule has 0 unspecified atom stereocenters. The SMILES string of the molecule is C=C(CC)CNCCOCCN(C)C. The van der Waals surface area contributed by atoms with Crippen LogP contribution in [0.4, 0.5) is 0 Å². The first-order valence-corrected chi connectivity index (χ1v) is 5.26. The lowest BCUT2D eigenvalue weighted by Crippen LogP contribution is -2.24. The molecule has 0 aromatic rings. The molecule has 0 atom stereocenters. The second kappa shape index (κ2) is 9.19. The van der Waals surface area contributed by atoms with Gasteiger partial charge in [0.25, 0.3) is 0 Å². The van der Waals surface area contributed by atoms with E-state index in [0.717, 1.165) is 39.3 Å². The van der Waals surface area contributed by atoms with E-state index in [-0.39, 0.29) is 0 Å². The minimum atomic E-state index is 0.783. The summed E-state index contributed by atoms with van der Waals surface area (Å²) in [4.78, 5) is 2.12. The fourth-order valence-electron chi connectivity index (χ4n) is 0.884. The highest BCUT2D eigenvalue weighted by molar-refractivity contribution is 4.94. The Morgan fingerprint density at radius 3 is 2.64 bits per heavy atom. The van der Waals surface area contributed by atoms with Gasteiger partial charge in [-0.25, -0.2) is 0 Å². The van der Waals surface area contributed by atoms with Crippen LogP contribution in [0.2, 0.25) is 0 Å². The summed E-state index contributed by atoms with van der Waals surface area (Å²) in [7, 11) is 4.10. The highest BCUT2D eigenvalue weighted by Gasteiger charge is 1.92. The van der Waals surface area contributed by atoms with Crippen molar-refractivity contribution in [2.75, 3.05) is 46.9 Å². The lowest BCUT2D eigenvalue weighted by molar-refractivity contribution is 0.120. The van der Waals surface area contributed by atoms with Crippen LogP contribution in [0.1, 0.15) is 13.3 Å². The Labute approximate surface area is 88.1 Å². The molecule has 0 bridgehead atoms. The molecular weight excluding hydrogens is 176 g/mol. The maximum Gasteiger partial charge on any atom is 0.0593 e. The number of rotatable bonds is 9. The van der Waals surface area contributed by atoms with E-state index in [1.165, 1.54) is 5.57 Å². The molecular formula is C11H24N2O. The first-order valence-electron chi connectivity index (χ1n) is 5.26. The van der Waals surface area contributed by atoms with Gasteiger partial charge in [0.15, 0.2) is 0 Å².